The highest BCUT2D eigenvalue weighted by atomic mass is 32.1. The van der Waals surface area contributed by atoms with Crippen LogP contribution in [-0.2, 0) is 18.4 Å². The molecule has 0 fully saturated rings. The van der Waals surface area contributed by atoms with E-state index in [0.717, 1.165) is 4.88 Å². The molecule has 0 aliphatic rings. The summed E-state index contributed by atoms with van der Waals surface area (Å²) in [5.41, 5.74) is 2.89. The SMILES string of the molecule is Cc1nn(C)cc1C(=O)OCc1cncs1. The van der Waals surface area contributed by atoms with Gasteiger partial charge >= 0.3 is 5.97 Å². The second kappa shape index (κ2) is 4.44. The van der Waals surface area contributed by atoms with Crippen LogP contribution >= 0.6 is 11.3 Å². The molecule has 0 aliphatic heterocycles. The van der Waals surface area contributed by atoms with Crippen molar-refractivity contribution in [1.82, 2.24) is 14.8 Å². The minimum atomic E-state index is -0.348. The lowest BCUT2D eigenvalue weighted by molar-refractivity contribution is 0.0475. The highest BCUT2D eigenvalue weighted by molar-refractivity contribution is 7.09. The van der Waals surface area contributed by atoms with Crippen molar-refractivity contribution in [2.45, 2.75) is 13.5 Å². The number of aryl methyl sites for hydroxylation is 2. The van der Waals surface area contributed by atoms with E-state index in [1.165, 1.54) is 11.3 Å². The third kappa shape index (κ3) is 2.27. The van der Waals surface area contributed by atoms with E-state index in [2.05, 4.69) is 10.1 Å². The smallest absolute Gasteiger partial charge is 0.341 e. The molecule has 0 atom stereocenters. The van der Waals surface area contributed by atoms with Crippen LogP contribution in [0.2, 0.25) is 0 Å². The first-order chi connectivity index (χ1) is 7.66. The van der Waals surface area contributed by atoms with E-state index in [9.17, 15) is 4.79 Å². The molecule has 0 unspecified atom stereocenters. The first kappa shape index (κ1) is 10.8. The molecule has 2 rings (SSSR count). The number of esters is 1. The number of carbonyl (C=O) groups is 1. The largest absolute Gasteiger partial charge is 0.456 e. The van der Waals surface area contributed by atoms with E-state index < -0.39 is 0 Å². The molecule has 2 heterocycles. The summed E-state index contributed by atoms with van der Waals surface area (Å²) in [5, 5.41) is 4.08. The van der Waals surface area contributed by atoms with E-state index in [1.54, 1.807) is 36.6 Å². The van der Waals surface area contributed by atoms with Crippen molar-refractivity contribution in [2.75, 3.05) is 0 Å². The molecule has 0 saturated carbocycles. The minimum absolute atomic E-state index is 0.262. The predicted molar refractivity (Wildman–Crippen MR) is 59.2 cm³/mol. The molecule has 0 bridgehead atoms. The number of carbonyl (C=O) groups excluding carboxylic acids is 1. The van der Waals surface area contributed by atoms with E-state index >= 15 is 0 Å². The first-order valence-electron chi connectivity index (χ1n) is 4.71. The van der Waals surface area contributed by atoms with Gasteiger partial charge in [-0.2, -0.15) is 5.10 Å². The summed E-state index contributed by atoms with van der Waals surface area (Å²) < 4.78 is 6.74. The van der Waals surface area contributed by atoms with Crippen molar-refractivity contribution >= 4 is 17.3 Å². The van der Waals surface area contributed by atoms with Gasteiger partial charge in [-0.1, -0.05) is 0 Å². The summed E-state index contributed by atoms with van der Waals surface area (Å²) in [6.07, 6.45) is 3.35. The maximum absolute atomic E-state index is 11.7. The van der Waals surface area contributed by atoms with Crippen LogP contribution in [0.15, 0.2) is 17.9 Å². The predicted octanol–water partition coefficient (Wildman–Crippen LogP) is 1.54. The van der Waals surface area contributed by atoms with Gasteiger partial charge in [0, 0.05) is 19.4 Å². The summed E-state index contributed by atoms with van der Waals surface area (Å²) in [5.74, 6) is -0.348. The fourth-order valence-electron chi connectivity index (χ4n) is 1.33. The van der Waals surface area contributed by atoms with Crippen molar-refractivity contribution in [1.29, 1.82) is 0 Å². The molecule has 16 heavy (non-hydrogen) atoms. The summed E-state index contributed by atoms with van der Waals surface area (Å²) in [6.45, 7) is 2.04. The third-order valence-electron chi connectivity index (χ3n) is 2.06. The molecule has 0 spiro atoms. The zero-order chi connectivity index (χ0) is 11.5. The number of nitrogens with zero attached hydrogens (tertiary/aromatic N) is 3. The summed E-state index contributed by atoms with van der Waals surface area (Å²) in [6, 6.07) is 0. The number of hydrogen-bond acceptors (Lipinski definition) is 5. The molecule has 0 N–H and O–H groups in total. The van der Waals surface area contributed by atoms with Crippen molar-refractivity contribution in [2.24, 2.45) is 7.05 Å². The highest BCUT2D eigenvalue weighted by Crippen LogP contribution is 2.11. The van der Waals surface area contributed by atoms with Crippen LogP contribution in [0.25, 0.3) is 0 Å². The van der Waals surface area contributed by atoms with Gasteiger partial charge in [0.2, 0.25) is 0 Å². The van der Waals surface area contributed by atoms with Crippen molar-refractivity contribution in [3.63, 3.8) is 0 Å². The topological polar surface area (TPSA) is 57.0 Å². The Morgan fingerprint density at radius 1 is 1.62 bits per heavy atom. The Balaban J connectivity index is 2.01. The minimum Gasteiger partial charge on any atom is -0.456 e. The zero-order valence-corrected chi connectivity index (χ0v) is 9.82. The molecular weight excluding hydrogens is 226 g/mol. The molecule has 84 valence electrons. The Morgan fingerprint density at radius 3 is 3.00 bits per heavy atom. The lowest BCUT2D eigenvalue weighted by Gasteiger charge is -2.00. The van der Waals surface area contributed by atoms with Gasteiger partial charge in [-0.25, -0.2) is 4.79 Å². The highest BCUT2D eigenvalue weighted by Gasteiger charge is 2.14. The number of aromatic nitrogens is 3. The normalized spacial score (nSPS) is 10.4. The molecule has 0 aromatic carbocycles. The van der Waals surface area contributed by atoms with Crippen LogP contribution in [0.1, 0.15) is 20.9 Å². The lowest BCUT2D eigenvalue weighted by Crippen LogP contribution is -2.05. The summed E-state index contributed by atoms with van der Waals surface area (Å²) in [4.78, 5) is 16.5. The second-order valence-electron chi connectivity index (χ2n) is 3.35. The summed E-state index contributed by atoms with van der Waals surface area (Å²) >= 11 is 1.46. The molecule has 2 aromatic rings. The van der Waals surface area contributed by atoms with E-state index in [1.807, 2.05) is 0 Å². The third-order valence-corrected chi connectivity index (χ3v) is 2.82. The number of hydrogen-bond donors (Lipinski definition) is 0. The monoisotopic (exact) mass is 237 g/mol. The van der Waals surface area contributed by atoms with Gasteiger partial charge in [0.25, 0.3) is 0 Å². The summed E-state index contributed by atoms with van der Waals surface area (Å²) in [7, 11) is 1.77. The Kier molecular flexibility index (Phi) is 3.00. The Hall–Kier alpha value is -1.69. The molecule has 0 radical (unpaired) electrons. The van der Waals surface area contributed by atoms with Gasteiger partial charge in [0.15, 0.2) is 0 Å². The maximum Gasteiger partial charge on any atom is 0.341 e. The Labute approximate surface area is 96.7 Å². The fraction of sp³-hybridized carbons (Fsp3) is 0.300. The molecular formula is C10H11N3O2S. The van der Waals surface area contributed by atoms with Crippen LogP contribution in [0, 0.1) is 6.92 Å². The average Bonchev–Trinajstić information content (AvgIpc) is 2.84. The average molecular weight is 237 g/mol. The van der Waals surface area contributed by atoms with Gasteiger partial charge in [0.1, 0.15) is 12.2 Å². The van der Waals surface area contributed by atoms with Crippen LogP contribution in [-0.4, -0.2) is 20.7 Å². The van der Waals surface area contributed by atoms with E-state index in [-0.39, 0.29) is 12.6 Å². The van der Waals surface area contributed by atoms with Gasteiger partial charge in [0.05, 0.1) is 16.1 Å². The molecule has 2 aromatic heterocycles. The number of rotatable bonds is 3. The van der Waals surface area contributed by atoms with Crippen LogP contribution in [0.5, 0.6) is 0 Å². The zero-order valence-electron chi connectivity index (χ0n) is 9.01. The van der Waals surface area contributed by atoms with E-state index in [0.29, 0.717) is 11.3 Å². The van der Waals surface area contributed by atoms with Gasteiger partial charge in [-0.15, -0.1) is 11.3 Å². The second-order valence-corrected chi connectivity index (χ2v) is 4.32. The Bertz CT molecular complexity index is 490. The Morgan fingerprint density at radius 2 is 2.44 bits per heavy atom. The molecule has 6 heteroatoms. The number of ether oxygens (including phenoxy) is 1. The van der Waals surface area contributed by atoms with Crippen LogP contribution < -0.4 is 0 Å². The van der Waals surface area contributed by atoms with Gasteiger partial charge in [-0.05, 0) is 6.92 Å². The van der Waals surface area contributed by atoms with Crippen LogP contribution in [0.4, 0.5) is 0 Å². The molecule has 0 amide bonds. The van der Waals surface area contributed by atoms with Crippen molar-refractivity contribution in [3.05, 3.63) is 34.0 Å². The van der Waals surface area contributed by atoms with Gasteiger partial charge < -0.3 is 4.74 Å². The van der Waals surface area contributed by atoms with Crippen molar-refractivity contribution < 1.29 is 9.53 Å². The van der Waals surface area contributed by atoms with E-state index in [4.69, 9.17) is 4.74 Å². The maximum atomic E-state index is 11.7. The molecule has 0 aliphatic carbocycles. The standard InChI is InChI=1S/C10H11N3O2S/c1-7-9(4-13(2)12-7)10(14)15-5-8-3-11-6-16-8/h3-4,6H,5H2,1-2H3. The number of thiazole rings is 1. The quantitative estimate of drug-likeness (QED) is 0.760. The first-order valence-corrected chi connectivity index (χ1v) is 5.59. The fourth-order valence-corrected chi connectivity index (χ4v) is 1.83. The molecule has 5 nitrogen and oxygen atoms in total. The van der Waals surface area contributed by atoms with Gasteiger partial charge in [-0.3, -0.25) is 9.67 Å². The van der Waals surface area contributed by atoms with Crippen LogP contribution in [0.3, 0.4) is 0 Å². The molecule has 0 saturated heterocycles. The lowest BCUT2D eigenvalue weighted by atomic mass is 10.3. The van der Waals surface area contributed by atoms with Crippen molar-refractivity contribution in [3.8, 4) is 0 Å².